The molecule has 7 fully saturated rings. The molecule has 5 nitrogen and oxygen atoms in total. The van der Waals surface area contributed by atoms with Crippen LogP contribution in [0.1, 0.15) is 216 Å². The maximum absolute atomic E-state index is 5.41. The molecule has 5 heterocycles. The van der Waals surface area contributed by atoms with Crippen molar-refractivity contribution in [2.24, 2.45) is 79.3 Å². The fourth-order valence-electron chi connectivity index (χ4n) is 8.35. The van der Waals surface area contributed by atoms with Gasteiger partial charge in [-0.1, -0.05) is 158 Å². The van der Waals surface area contributed by atoms with E-state index in [4.69, 9.17) is 23.7 Å². The van der Waals surface area contributed by atoms with E-state index in [0.717, 1.165) is 107 Å². The van der Waals surface area contributed by atoms with E-state index in [2.05, 4.69) is 145 Å². The first-order valence-corrected chi connectivity index (χ1v) is 25.6. The zero-order chi connectivity index (χ0) is 46.9. The molecule has 0 radical (unpaired) electrons. The van der Waals surface area contributed by atoms with Gasteiger partial charge in [0.15, 0.2) is 0 Å². The smallest absolute Gasteiger partial charge is 0.0521 e. The molecule has 7 rings (SSSR count). The first kappa shape index (κ1) is 58.8. The second-order valence-electron chi connectivity index (χ2n) is 28.1. The average molecular weight is 866 g/mol. The van der Waals surface area contributed by atoms with Gasteiger partial charge in [-0.05, 0) is 125 Å². The zero-order valence-electron chi connectivity index (χ0n) is 45.4. The van der Waals surface area contributed by atoms with Crippen LogP contribution in [0.25, 0.3) is 0 Å². The lowest BCUT2D eigenvalue weighted by Gasteiger charge is -2.37. The minimum atomic E-state index is 0.445. The van der Waals surface area contributed by atoms with Crippen LogP contribution in [0.4, 0.5) is 0 Å². The Morgan fingerprint density at radius 1 is 0.279 bits per heavy atom. The Balaban J connectivity index is 0.000000357. The lowest BCUT2D eigenvalue weighted by Crippen LogP contribution is -2.37. The SMILES string of the molecule is CC(C)(C)C1CC1.CC(C)(C)C1CCCOC1.CC(C)(C)C1CCOC1.CC(C)(C)C1CCOCC1.CC(C)(C)C1COC1.CC(C)(C)CC1CC1.CC(C)(C)CC1COC1. The molecule has 2 saturated carbocycles. The lowest BCUT2D eigenvalue weighted by atomic mass is 9.76. The van der Waals surface area contributed by atoms with Crippen molar-refractivity contribution in [1.29, 1.82) is 0 Å². The van der Waals surface area contributed by atoms with Crippen molar-refractivity contribution in [3.63, 3.8) is 0 Å². The predicted molar refractivity (Wildman–Crippen MR) is 265 cm³/mol. The minimum absolute atomic E-state index is 0.445. The summed E-state index contributed by atoms with van der Waals surface area (Å²) < 4.78 is 26.1. The fourth-order valence-corrected chi connectivity index (χ4v) is 8.35. The molecular weight excluding hydrogens is 753 g/mol. The van der Waals surface area contributed by atoms with E-state index in [1.54, 1.807) is 0 Å². The van der Waals surface area contributed by atoms with E-state index in [1.807, 2.05) is 0 Å². The Morgan fingerprint density at radius 2 is 0.607 bits per heavy atom. The summed E-state index contributed by atoms with van der Waals surface area (Å²) in [5.74, 6) is 6.25. The van der Waals surface area contributed by atoms with Gasteiger partial charge < -0.3 is 23.7 Å². The average Bonchev–Trinajstić information content (AvgIpc) is 4.00. The van der Waals surface area contributed by atoms with Crippen molar-refractivity contribution in [2.45, 2.75) is 216 Å². The molecular formula is C56H112O5. The van der Waals surface area contributed by atoms with Gasteiger partial charge >= 0.3 is 0 Å². The zero-order valence-corrected chi connectivity index (χ0v) is 45.4. The monoisotopic (exact) mass is 865 g/mol. The molecule has 366 valence electrons. The van der Waals surface area contributed by atoms with Crippen LogP contribution in [0.15, 0.2) is 0 Å². The van der Waals surface area contributed by atoms with E-state index < -0.39 is 0 Å². The molecule has 5 saturated heterocycles. The van der Waals surface area contributed by atoms with Crippen LogP contribution in [-0.2, 0) is 23.7 Å². The summed E-state index contributed by atoms with van der Waals surface area (Å²) in [4.78, 5) is 0. The number of hydrogen-bond acceptors (Lipinski definition) is 5. The maximum Gasteiger partial charge on any atom is 0.0521 e. The summed E-state index contributed by atoms with van der Waals surface area (Å²) in [6.07, 6.45) is 15.1. The number of rotatable bonds is 2. The van der Waals surface area contributed by atoms with Crippen molar-refractivity contribution in [3.05, 3.63) is 0 Å². The van der Waals surface area contributed by atoms with Gasteiger partial charge in [0.05, 0.1) is 26.4 Å². The highest BCUT2D eigenvalue weighted by molar-refractivity contribution is 4.84. The van der Waals surface area contributed by atoms with E-state index in [0.29, 0.717) is 37.9 Å². The van der Waals surface area contributed by atoms with Gasteiger partial charge in [0.25, 0.3) is 0 Å². The quantitative estimate of drug-likeness (QED) is 0.277. The van der Waals surface area contributed by atoms with Gasteiger partial charge in [-0.3, -0.25) is 0 Å². The molecule has 7 aliphatic rings. The molecule has 0 aromatic heterocycles. The lowest BCUT2D eigenvalue weighted by molar-refractivity contribution is -0.0821. The molecule has 2 atom stereocenters. The summed E-state index contributed by atoms with van der Waals surface area (Å²) in [6, 6.07) is 0. The first-order chi connectivity index (χ1) is 27.7. The summed E-state index contributed by atoms with van der Waals surface area (Å²) in [7, 11) is 0. The Labute approximate surface area is 383 Å². The van der Waals surface area contributed by atoms with Gasteiger partial charge in [-0.15, -0.1) is 0 Å². The van der Waals surface area contributed by atoms with Crippen molar-refractivity contribution < 1.29 is 23.7 Å². The third-order valence-electron chi connectivity index (χ3n) is 13.9. The minimum Gasteiger partial charge on any atom is -0.381 e. The Morgan fingerprint density at radius 3 is 0.754 bits per heavy atom. The third kappa shape index (κ3) is 30.6. The molecule has 61 heavy (non-hydrogen) atoms. The molecule has 2 unspecified atom stereocenters. The van der Waals surface area contributed by atoms with Crippen molar-refractivity contribution in [1.82, 2.24) is 0 Å². The van der Waals surface area contributed by atoms with Crippen molar-refractivity contribution >= 4 is 0 Å². The van der Waals surface area contributed by atoms with Gasteiger partial charge in [-0.2, -0.15) is 0 Å². The molecule has 2 aliphatic carbocycles. The predicted octanol–water partition coefficient (Wildman–Crippen LogP) is 16.0. The largest absolute Gasteiger partial charge is 0.381 e. The first-order valence-electron chi connectivity index (χ1n) is 25.6. The molecule has 0 bridgehead atoms. The summed E-state index contributed by atoms with van der Waals surface area (Å²) in [5.41, 5.74) is 3.55. The molecule has 0 aromatic rings. The van der Waals surface area contributed by atoms with Gasteiger partial charge in [0, 0.05) is 51.5 Å². The highest BCUT2D eigenvalue weighted by atomic mass is 16.5. The van der Waals surface area contributed by atoms with Crippen LogP contribution in [-0.4, -0.2) is 66.1 Å². The van der Waals surface area contributed by atoms with Crippen molar-refractivity contribution in [3.8, 4) is 0 Å². The van der Waals surface area contributed by atoms with Crippen LogP contribution in [0.3, 0.4) is 0 Å². The van der Waals surface area contributed by atoms with E-state index in [9.17, 15) is 0 Å². The van der Waals surface area contributed by atoms with Crippen molar-refractivity contribution in [2.75, 3.05) is 66.1 Å². The Hall–Kier alpha value is -0.200. The standard InChI is InChI=1S/2C9H18O.2C8H16O.C8H16.C7H14O.C7H14/c1-9(2,3)8-4-6-10-7-5-8;1-9(2,3)8-5-4-6-10-7-8;1-8(2,3)4-7-5-9-6-7;1-8(2,3)7-4-5-9-6-7;1-8(2,3)6-7-4-5-7;1-7(2,3)6-4-8-5-6;1-7(2,3)6-4-5-6/h2*8H,4-7H2,1-3H3;2*7H,4-6H2,1-3H3;7H,4-6H2,1-3H3;6H,4-5H2,1-3H3;6H,4-5H2,1-3H3. The molecule has 0 amide bonds. The van der Waals surface area contributed by atoms with Crippen LogP contribution in [0.2, 0.25) is 0 Å². The topological polar surface area (TPSA) is 46.2 Å². The normalized spacial score (nSPS) is 24.3. The molecule has 0 aromatic carbocycles. The van der Waals surface area contributed by atoms with Crippen LogP contribution >= 0.6 is 0 Å². The Bertz CT molecular complexity index is 1050. The summed E-state index contributed by atoms with van der Waals surface area (Å²) >= 11 is 0. The number of ether oxygens (including phenoxy) is 5. The van der Waals surface area contributed by atoms with E-state index in [-0.39, 0.29) is 0 Å². The molecule has 0 spiro atoms. The highest BCUT2D eigenvalue weighted by Gasteiger charge is 2.34. The van der Waals surface area contributed by atoms with E-state index in [1.165, 1.54) is 70.6 Å². The molecule has 5 aliphatic heterocycles. The van der Waals surface area contributed by atoms with Crippen LogP contribution < -0.4 is 0 Å². The van der Waals surface area contributed by atoms with Gasteiger partial charge in [0.2, 0.25) is 0 Å². The second kappa shape index (κ2) is 26.2. The highest BCUT2D eigenvalue weighted by Crippen LogP contribution is 2.44. The third-order valence-corrected chi connectivity index (χ3v) is 13.9. The molecule has 0 N–H and O–H groups in total. The van der Waals surface area contributed by atoms with Crippen LogP contribution in [0.5, 0.6) is 0 Å². The maximum atomic E-state index is 5.41. The summed E-state index contributed by atoms with van der Waals surface area (Å²) in [5, 5.41) is 0. The fraction of sp³-hybridized carbons (Fsp3) is 1.00. The van der Waals surface area contributed by atoms with Crippen LogP contribution in [0, 0.1) is 79.3 Å². The van der Waals surface area contributed by atoms with Gasteiger partial charge in [0.1, 0.15) is 0 Å². The number of hydrogen-bond donors (Lipinski definition) is 0. The summed E-state index contributed by atoms with van der Waals surface area (Å²) in [6.45, 7) is 58.1. The molecule has 5 heteroatoms. The second-order valence-corrected chi connectivity index (χ2v) is 28.1. The van der Waals surface area contributed by atoms with Gasteiger partial charge in [-0.25, -0.2) is 0 Å². The Kier molecular flexibility index (Phi) is 25.3. The van der Waals surface area contributed by atoms with E-state index >= 15 is 0 Å².